The lowest BCUT2D eigenvalue weighted by Gasteiger charge is -2.26. The van der Waals surface area contributed by atoms with Crippen molar-refractivity contribution in [2.75, 3.05) is 31.9 Å². The van der Waals surface area contributed by atoms with Gasteiger partial charge in [0.05, 0.1) is 17.6 Å². The number of amides is 1. The highest BCUT2D eigenvalue weighted by Gasteiger charge is 2.29. The number of likely N-dealkylation sites (tertiary alicyclic amines) is 1. The van der Waals surface area contributed by atoms with E-state index in [-0.39, 0.29) is 5.91 Å². The first-order chi connectivity index (χ1) is 21.2. The molecule has 3 heterocycles. The summed E-state index contributed by atoms with van der Waals surface area (Å²) >= 11 is 0. The fraction of sp³-hybridized carbons (Fsp3) is 0.471. The van der Waals surface area contributed by atoms with E-state index < -0.39 is 11.6 Å². The number of aromatic nitrogens is 3. The van der Waals surface area contributed by atoms with Crippen LogP contribution in [0, 0.1) is 0 Å². The molecule has 1 fully saturated rings. The minimum absolute atomic E-state index is 0.0877. The van der Waals surface area contributed by atoms with E-state index in [2.05, 4.69) is 27.4 Å². The molecule has 0 saturated carbocycles. The number of para-hydroxylation sites is 1. The third-order valence-electron chi connectivity index (χ3n) is 8.32. The molecular formula is C34H44N6O4. The number of carbonyl (C=O) groups excluding carboxylic acids is 1. The Hall–Kier alpha value is -4.18. The zero-order valence-electron chi connectivity index (χ0n) is 26.1. The Balaban J connectivity index is 1.39. The molecule has 10 nitrogen and oxygen atoms in total. The predicted molar refractivity (Wildman–Crippen MR) is 173 cm³/mol. The van der Waals surface area contributed by atoms with E-state index in [0.29, 0.717) is 37.7 Å². The van der Waals surface area contributed by atoms with E-state index in [0.717, 1.165) is 84.9 Å². The number of nitrogen functional groups attached to an aromatic ring is 1. The number of pyridine rings is 1. The van der Waals surface area contributed by atoms with Crippen molar-refractivity contribution in [3.05, 3.63) is 59.9 Å². The molecule has 4 aromatic rings. The molecule has 0 aliphatic carbocycles. The van der Waals surface area contributed by atoms with E-state index in [9.17, 15) is 14.7 Å². The molecule has 1 saturated heterocycles. The molecule has 2 aromatic carbocycles. The molecule has 10 heteroatoms. The number of anilines is 1. The molecule has 1 aliphatic heterocycles. The number of aryl methyl sites for hydroxylation is 2. The summed E-state index contributed by atoms with van der Waals surface area (Å²) in [7, 11) is 0. The third kappa shape index (κ3) is 7.13. The Morgan fingerprint density at radius 2 is 1.84 bits per heavy atom. The van der Waals surface area contributed by atoms with Gasteiger partial charge >= 0.3 is 5.97 Å². The fourth-order valence-electron chi connectivity index (χ4n) is 5.88. The zero-order valence-corrected chi connectivity index (χ0v) is 26.1. The van der Waals surface area contributed by atoms with E-state index in [4.69, 9.17) is 15.5 Å². The molecule has 234 valence electrons. The SMILES string of the molecule is CCCCc1nc2c(N)nc3ccccc3c2n1CCCN(Cc1cccc(OC(C)(C)C(=O)O)c1)C(=O)CN1CCCC1. The highest BCUT2D eigenvalue weighted by Crippen LogP contribution is 2.30. The van der Waals surface area contributed by atoms with Crippen molar-refractivity contribution in [3.8, 4) is 5.75 Å². The molecule has 3 N–H and O–H groups in total. The largest absolute Gasteiger partial charge is 0.478 e. The lowest BCUT2D eigenvalue weighted by molar-refractivity contribution is -0.152. The molecule has 0 radical (unpaired) electrons. The summed E-state index contributed by atoms with van der Waals surface area (Å²) in [5, 5.41) is 10.5. The van der Waals surface area contributed by atoms with Gasteiger partial charge in [0.25, 0.3) is 0 Å². The Morgan fingerprint density at radius 3 is 2.59 bits per heavy atom. The monoisotopic (exact) mass is 600 g/mol. The molecule has 0 spiro atoms. The standard InChI is InChI=1S/C34H44N6O4/c1-4-5-16-28-37-30-31(26-14-6-7-15-27(26)36-32(30)35)40(28)20-11-19-39(29(41)23-38-17-8-9-18-38)22-24-12-10-13-25(21-24)44-34(2,3)33(42)43/h6-7,10,12-15,21H,4-5,8-9,11,16-20,22-23H2,1-3H3,(H2,35,36)(H,42,43). The van der Waals surface area contributed by atoms with Gasteiger partial charge in [-0.1, -0.05) is 43.7 Å². The first-order valence-corrected chi connectivity index (χ1v) is 15.7. The van der Waals surface area contributed by atoms with Crippen molar-refractivity contribution in [1.29, 1.82) is 0 Å². The number of benzene rings is 2. The fourth-order valence-corrected chi connectivity index (χ4v) is 5.88. The summed E-state index contributed by atoms with van der Waals surface area (Å²) < 4.78 is 8.05. The smallest absolute Gasteiger partial charge is 0.347 e. The topological polar surface area (TPSA) is 127 Å². The van der Waals surface area contributed by atoms with Crippen molar-refractivity contribution >= 4 is 39.6 Å². The number of unbranched alkanes of at least 4 members (excludes halogenated alkanes) is 1. The number of carboxylic acid groups (broad SMARTS) is 1. The van der Waals surface area contributed by atoms with Crippen LogP contribution in [0.1, 0.15) is 64.3 Å². The summed E-state index contributed by atoms with van der Waals surface area (Å²) in [4.78, 5) is 39.0. The van der Waals surface area contributed by atoms with Crippen LogP contribution in [0.5, 0.6) is 5.75 Å². The maximum atomic E-state index is 13.7. The summed E-state index contributed by atoms with van der Waals surface area (Å²) in [6.07, 6.45) is 5.89. The van der Waals surface area contributed by atoms with Crippen LogP contribution in [0.3, 0.4) is 0 Å². The second-order valence-corrected chi connectivity index (χ2v) is 12.2. The van der Waals surface area contributed by atoms with Crippen LogP contribution in [0.15, 0.2) is 48.5 Å². The van der Waals surface area contributed by atoms with Gasteiger partial charge in [0.1, 0.15) is 17.1 Å². The number of carbonyl (C=O) groups is 2. The highest BCUT2D eigenvalue weighted by atomic mass is 16.5. The van der Waals surface area contributed by atoms with Crippen molar-refractivity contribution < 1.29 is 19.4 Å². The first-order valence-electron chi connectivity index (χ1n) is 15.7. The van der Waals surface area contributed by atoms with Gasteiger partial charge in [0.15, 0.2) is 11.4 Å². The average molecular weight is 601 g/mol. The van der Waals surface area contributed by atoms with Gasteiger partial charge in [-0.25, -0.2) is 14.8 Å². The maximum absolute atomic E-state index is 13.7. The number of ether oxygens (including phenoxy) is 1. The van der Waals surface area contributed by atoms with Crippen LogP contribution < -0.4 is 10.5 Å². The van der Waals surface area contributed by atoms with Crippen LogP contribution in [0.4, 0.5) is 5.82 Å². The molecule has 1 aliphatic rings. The second kappa shape index (κ2) is 13.6. The average Bonchev–Trinajstić information content (AvgIpc) is 3.64. The Bertz CT molecular complexity index is 1630. The normalized spacial score (nSPS) is 14.0. The Morgan fingerprint density at radius 1 is 1.07 bits per heavy atom. The minimum atomic E-state index is -1.37. The lowest BCUT2D eigenvalue weighted by Crippen LogP contribution is -2.40. The summed E-state index contributed by atoms with van der Waals surface area (Å²) in [5.41, 5.74) is 8.50. The number of rotatable bonds is 14. The van der Waals surface area contributed by atoms with Crippen molar-refractivity contribution in [2.45, 2.75) is 78.0 Å². The molecule has 1 amide bonds. The summed E-state index contributed by atoms with van der Waals surface area (Å²) in [6, 6.07) is 15.4. The Kier molecular flexibility index (Phi) is 9.68. The molecule has 5 rings (SSSR count). The van der Waals surface area contributed by atoms with E-state index in [1.54, 1.807) is 6.07 Å². The van der Waals surface area contributed by atoms with Crippen LogP contribution in [0.25, 0.3) is 21.9 Å². The van der Waals surface area contributed by atoms with Crippen molar-refractivity contribution in [2.24, 2.45) is 0 Å². The number of imidazole rings is 1. The highest BCUT2D eigenvalue weighted by molar-refractivity contribution is 6.06. The second-order valence-electron chi connectivity index (χ2n) is 12.2. The zero-order chi connectivity index (χ0) is 31.3. The van der Waals surface area contributed by atoms with Crippen LogP contribution in [-0.4, -0.2) is 73.1 Å². The lowest BCUT2D eigenvalue weighted by atomic mass is 10.1. The van der Waals surface area contributed by atoms with Crippen LogP contribution in [0.2, 0.25) is 0 Å². The summed E-state index contributed by atoms with van der Waals surface area (Å²) in [6.45, 7) is 9.15. The minimum Gasteiger partial charge on any atom is -0.478 e. The molecule has 44 heavy (non-hydrogen) atoms. The van der Waals surface area contributed by atoms with Gasteiger partial charge < -0.3 is 25.0 Å². The van der Waals surface area contributed by atoms with Gasteiger partial charge in [0, 0.05) is 31.4 Å². The number of fused-ring (bicyclic) bond motifs is 3. The third-order valence-corrected chi connectivity index (χ3v) is 8.32. The van der Waals surface area contributed by atoms with Crippen molar-refractivity contribution in [3.63, 3.8) is 0 Å². The number of hydrogen-bond acceptors (Lipinski definition) is 7. The number of nitrogens with two attached hydrogens (primary N) is 1. The molecule has 2 aromatic heterocycles. The van der Waals surface area contributed by atoms with Gasteiger partial charge in [-0.3, -0.25) is 9.69 Å². The number of aliphatic carboxylic acids is 1. The predicted octanol–water partition coefficient (Wildman–Crippen LogP) is 5.27. The van der Waals surface area contributed by atoms with Crippen molar-refractivity contribution in [1.82, 2.24) is 24.3 Å². The van der Waals surface area contributed by atoms with Gasteiger partial charge in [0.2, 0.25) is 5.91 Å². The Labute approximate surface area is 258 Å². The first kappa shape index (κ1) is 31.3. The van der Waals surface area contributed by atoms with Gasteiger partial charge in [-0.05, 0) is 76.4 Å². The van der Waals surface area contributed by atoms with E-state index >= 15 is 0 Å². The quantitative estimate of drug-likeness (QED) is 0.201. The number of carboxylic acids is 1. The molecular weight excluding hydrogens is 556 g/mol. The number of nitrogens with zero attached hydrogens (tertiary/aromatic N) is 5. The van der Waals surface area contributed by atoms with Crippen LogP contribution >= 0.6 is 0 Å². The van der Waals surface area contributed by atoms with Gasteiger partial charge in [-0.15, -0.1) is 0 Å². The molecule has 0 atom stereocenters. The van der Waals surface area contributed by atoms with E-state index in [1.807, 2.05) is 41.3 Å². The number of hydrogen-bond donors (Lipinski definition) is 2. The van der Waals surface area contributed by atoms with Gasteiger partial charge in [-0.2, -0.15) is 0 Å². The molecule has 0 bridgehead atoms. The molecule has 0 unspecified atom stereocenters. The van der Waals surface area contributed by atoms with Crippen LogP contribution in [-0.2, 0) is 29.1 Å². The summed E-state index contributed by atoms with van der Waals surface area (Å²) in [5.74, 6) is 0.939. The maximum Gasteiger partial charge on any atom is 0.347 e. The van der Waals surface area contributed by atoms with E-state index in [1.165, 1.54) is 13.8 Å².